The van der Waals surface area contributed by atoms with E-state index in [0.717, 1.165) is 17.1 Å². The van der Waals surface area contributed by atoms with Crippen LogP contribution in [0.3, 0.4) is 0 Å². The second-order valence-electron chi connectivity index (χ2n) is 4.02. The van der Waals surface area contributed by atoms with Crippen molar-refractivity contribution in [2.24, 2.45) is 0 Å². The molecule has 4 heteroatoms. The van der Waals surface area contributed by atoms with Gasteiger partial charge in [0.25, 0.3) is 5.91 Å². The van der Waals surface area contributed by atoms with E-state index in [1.165, 1.54) is 6.07 Å². The van der Waals surface area contributed by atoms with Gasteiger partial charge >= 0.3 is 0 Å². The van der Waals surface area contributed by atoms with Crippen LogP contribution in [0.2, 0.25) is 0 Å². The molecule has 0 aliphatic carbocycles. The van der Waals surface area contributed by atoms with Crippen LogP contribution in [0.25, 0.3) is 0 Å². The lowest BCUT2D eigenvalue weighted by Crippen LogP contribution is -2.34. The Bertz CT molecular complexity index is 395. The Morgan fingerprint density at radius 2 is 2.24 bits per heavy atom. The molecule has 0 heterocycles. The number of amides is 1. The number of hydrogen-bond donors (Lipinski definition) is 1. The molecule has 0 aliphatic heterocycles. The number of aryl methyl sites for hydroxylation is 1. The highest BCUT2D eigenvalue weighted by atomic mass is 32.2. The molecule has 1 N–H and O–H groups in total. The van der Waals surface area contributed by atoms with Crippen molar-refractivity contribution in [2.75, 3.05) is 11.5 Å². The molecule has 1 unspecified atom stereocenters. The molecule has 1 aromatic carbocycles. The fourth-order valence-corrected chi connectivity index (χ4v) is 2.12. The molecule has 2 nitrogen and oxygen atoms in total. The molecule has 1 aromatic rings. The van der Waals surface area contributed by atoms with Gasteiger partial charge in [-0.15, -0.1) is 0 Å². The molecule has 1 rings (SSSR count). The Balaban J connectivity index is 2.66. The summed E-state index contributed by atoms with van der Waals surface area (Å²) in [6, 6.07) is 4.61. The Hall–Kier alpha value is -1.03. The average molecular weight is 255 g/mol. The lowest BCUT2D eigenvalue weighted by molar-refractivity contribution is 0.0939. The van der Waals surface area contributed by atoms with Gasteiger partial charge in [0.15, 0.2) is 0 Å². The molecule has 0 fully saturated rings. The monoisotopic (exact) mass is 255 g/mol. The molecule has 0 bridgehead atoms. The van der Waals surface area contributed by atoms with Gasteiger partial charge in [-0.1, -0.05) is 18.6 Å². The highest BCUT2D eigenvalue weighted by Gasteiger charge is 2.13. The summed E-state index contributed by atoms with van der Waals surface area (Å²) in [5, 5.41) is 2.80. The molecule has 0 aromatic heterocycles. The number of halogens is 1. The third-order valence-corrected chi connectivity index (χ3v) is 3.46. The van der Waals surface area contributed by atoms with E-state index < -0.39 is 5.82 Å². The zero-order chi connectivity index (χ0) is 12.8. The SMILES string of the molecule is CCSCC(C)NC(=O)c1cc(C)ccc1F. The zero-order valence-electron chi connectivity index (χ0n) is 10.4. The zero-order valence-corrected chi connectivity index (χ0v) is 11.2. The van der Waals surface area contributed by atoms with Crippen LogP contribution in [0.5, 0.6) is 0 Å². The molecule has 0 spiro atoms. The second-order valence-corrected chi connectivity index (χ2v) is 5.34. The Kier molecular flexibility index (Phi) is 5.48. The summed E-state index contributed by atoms with van der Waals surface area (Å²) in [4.78, 5) is 11.8. The van der Waals surface area contributed by atoms with Crippen molar-refractivity contribution < 1.29 is 9.18 Å². The smallest absolute Gasteiger partial charge is 0.254 e. The quantitative estimate of drug-likeness (QED) is 0.876. The maximum atomic E-state index is 13.5. The summed E-state index contributed by atoms with van der Waals surface area (Å²) in [6.45, 7) is 5.83. The number of nitrogens with one attached hydrogen (secondary N) is 1. The topological polar surface area (TPSA) is 29.1 Å². The molecule has 1 atom stereocenters. The predicted octanol–water partition coefficient (Wildman–Crippen LogP) is 3.01. The molecule has 0 saturated heterocycles. The van der Waals surface area contributed by atoms with Crippen LogP contribution < -0.4 is 5.32 Å². The van der Waals surface area contributed by atoms with Gasteiger partial charge in [0.1, 0.15) is 5.82 Å². The Morgan fingerprint density at radius 1 is 1.53 bits per heavy atom. The summed E-state index contributed by atoms with van der Waals surface area (Å²) in [5.41, 5.74) is 1.01. The standard InChI is InChI=1S/C13H18FNOS/c1-4-17-8-10(3)15-13(16)11-7-9(2)5-6-12(11)14/h5-7,10H,4,8H2,1-3H3,(H,15,16). The van der Waals surface area contributed by atoms with E-state index in [-0.39, 0.29) is 17.5 Å². The van der Waals surface area contributed by atoms with Gasteiger partial charge in [0, 0.05) is 11.8 Å². The number of carbonyl (C=O) groups excluding carboxylic acids is 1. The largest absolute Gasteiger partial charge is 0.349 e. The summed E-state index contributed by atoms with van der Waals surface area (Å²) in [6.07, 6.45) is 0. The summed E-state index contributed by atoms with van der Waals surface area (Å²) < 4.78 is 13.5. The normalized spacial score (nSPS) is 12.2. The molecule has 17 heavy (non-hydrogen) atoms. The molecule has 1 amide bonds. The summed E-state index contributed by atoms with van der Waals surface area (Å²) >= 11 is 1.75. The first-order chi connectivity index (χ1) is 8.04. The number of rotatable bonds is 5. The third kappa shape index (κ3) is 4.38. The number of carbonyl (C=O) groups is 1. The van der Waals surface area contributed by atoms with Crippen LogP contribution in [0.1, 0.15) is 29.8 Å². The van der Waals surface area contributed by atoms with E-state index >= 15 is 0 Å². The van der Waals surface area contributed by atoms with Crippen LogP contribution in [0.15, 0.2) is 18.2 Å². The van der Waals surface area contributed by atoms with Crippen LogP contribution in [-0.4, -0.2) is 23.5 Å². The van der Waals surface area contributed by atoms with Crippen LogP contribution in [-0.2, 0) is 0 Å². The minimum atomic E-state index is -0.469. The van der Waals surface area contributed by atoms with Crippen molar-refractivity contribution in [3.05, 3.63) is 35.1 Å². The van der Waals surface area contributed by atoms with E-state index in [2.05, 4.69) is 12.2 Å². The van der Waals surface area contributed by atoms with Crippen molar-refractivity contribution >= 4 is 17.7 Å². The maximum absolute atomic E-state index is 13.5. The highest BCUT2D eigenvalue weighted by Crippen LogP contribution is 2.10. The third-order valence-electron chi connectivity index (χ3n) is 2.32. The van der Waals surface area contributed by atoms with Crippen molar-refractivity contribution in [3.63, 3.8) is 0 Å². The first-order valence-electron chi connectivity index (χ1n) is 5.69. The predicted molar refractivity (Wildman–Crippen MR) is 71.1 cm³/mol. The first kappa shape index (κ1) is 14.0. The minimum Gasteiger partial charge on any atom is -0.349 e. The first-order valence-corrected chi connectivity index (χ1v) is 6.84. The highest BCUT2D eigenvalue weighted by molar-refractivity contribution is 7.99. The van der Waals surface area contributed by atoms with E-state index in [4.69, 9.17) is 0 Å². The number of thioether (sulfide) groups is 1. The second kappa shape index (κ2) is 6.64. The van der Waals surface area contributed by atoms with Crippen LogP contribution in [0.4, 0.5) is 4.39 Å². The molecule has 94 valence electrons. The molecule has 0 radical (unpaired) electrons. The van der Waals surface area contributed by atoms with Crippen molar-refractivity contribution in [1.29, 1.82) is 0 Å². The van der Waals surface area contributed by atoms with Crippen molar-refractivity contribution in [2.45, 2.75) is 26.8 Å². The molecular weight excluding hydrogens is 237 g/mol. The van der Waals surface area contributed by atoms with Crippen LogP contribution >= 0.6 is 11.8 Å². The van der Waals surface area contributed by atoms with Gasteiger partial charge < -0.3 is 5.32 Å². The van der Waals surface area contributed by atoms with E-state index in [0.29, 0.717) is 0 Å². The molecule has 0 aliphatic rings. The van der Waals surface area contributed by atoms with Crippen LogP contribution in [0, 0.1) is 12.7 Å². The fraction of sp³-hybridized carbons (Fsp3) is 0.462. The number of hydrogen-bond acceptors (Lipinski definition) is 2. The number of benzene rings is 1. The van der Waals surface area contributed by atoms with Gasteiger partial charge in [-0.3, -0.25) is 4.79 Å². The average Bonchev–Trinajstić information content (AvgIpc) is 2.29. The van der Waals surface area contributed by atoms with E-state index in [9.17, 15) is 9.18 Å². The summed E-state index contributed by atoms with van der Waals surface area (Å²) in [5.74, 6) is 1.05. The Labute approximate surface area is 106 Å². The van der Waals surface area contributed by atoms with Gasteiger partial charge in [0.05, 0.1) is 5.56 Å². The maximum Gasteiger partial charge on any atom is 0.254 e. The Morgan fingerprint density at radius 3 is 2.88 bits per heavy atom. The van der Waals surface area contributed by atoms with Crippen molar-refractivity contribution in [3.8, 4) is 0 Å². The van der Waals surface area contributed by atoms with Gasteiger partial charge in [-0.05, 0) is 31.7 Å². The molecule has 0 saturated carbocycles. The minimum absolute atomic E-state index is 0.0485. The van der Waals surface area contributed by atoms with E-state index in [1.54, 1.807) is 23.9 Å². The lowest BCUT2D eigenvalue weighted by Gasteiger charge is -2.13. The van der Waals surface area contributed by atoms with Gasteiger partial charge in [-0.25, -0.2) is 4.39 Å². The van der Waals surface area contributed by atoms with Gasteiger partial charge in [0.2, 0.25) is 0 Å². The molecular formula is C13H18FNOS. The van der Waals surface area contributed by atoms with E-state index in [1.807, 2.05) is 13.8 Å². The van der Waals surface area contributed by atoms with Gasteiger partial charge in [-0.2, -0.15) is 11.8 Å². The summed E-state index contributed by atoms with van der Waals surface area (Å²) in [7, 11) is 0. The fourth-order valence-electron chi connectivity index (χ4n) is 1.45. The van der Waals surface area contributed by atoms with Crippen molar-refractivity contribution in [1.82, 2.24) is 5.32 Å². The lowest BCUT2D eigenvalue weighted by atomic mass is 10.1.